The molecule has 2 N–H and O–H groups in total. The van der Waals surface area contributed by atoms with Crippen LogP contribution < -0.4 is 10.2 Å². The number of urea groups is 1. The van der Waals surface area contributed by atoms with Crippen molar-refractivity contribution in [2.45, 2.75) is 44.8 Å². The van der Waals surface area contributed by atoms with Gasteiger partial charge in [-0.3, -0.25) is 4.79 Å². The van der Waals surface area contributed by atoms with Crippen LogP contribution in [-0.2, 0) is 11.0 Å². The van der Waals surface area contributed by atoms with Crippen LogP contribution in [0.25, 0.3) is 0 Å². The molecule has 0 bridgehead atoms. The maximum Gasteiger partial charge on any atom is 0.455 e. The van der Waals surface area contributed by atoms with Crippen molar-refractivity contribution in [2.75, 3.05) is 13.1 Å². The van der Waals surface area contributed by atoms with E-state index in [0.29, 0.717) is 48.0 Å². The lowest BCUT2D eigenvalue weighted by Gasteiger charge is -2.26. The summed E-state index contributed by atoms with van der Waals surface area (Å²) in [5.74, 6) is 0.571. The Hall–Kier alpha value is -3.24. The number of hydrogen-bond donors (Lipinski definition) is 2. The summed E-state index contributed by atoms with van der Waals surface area (Å²) in [6.07, 6.45) is -1.80. The van der Waals surface area contributed by atoms with Gasteiger partial charge in [0.25, 0.3) is 5.84 Å². The molecule has 2 unspecified atom stereocenters. The van der Waals surface area contributed by atoms with Crippen molar-refractivity contribution >= 4 is 41.0 Å². The van der Waals surface area contributed by atoms with E-state index in [1.165, 1.54) is 12.1 Å². The van der Waals surface area contributed by atoms with Gasteiger partial charge in [-0.25, -0.2) is 4.79 Å². The van der Waals surface area contributed by atoms with Crippen molar-refractivity contribution in [3.05, 3.63) is 64.7 Å². The minimum Gasteiger partial charge on any atom is -0.353 e. The van der Waals surface area contributed by atoms with Gasteiger partial charge in [0.15, 0.2) is 0 Å². The summed E-state index contributed by atoms with van der Waals surface area (Å²) in [4.78, 5) is 36.0. The van der Waals surface area contributed by atoms with Crippen molar-refractivity contribution in [3.63, 3.8) is 0 Å². The lowest BCUT2D eigenvalue weighted by molar-refractivity contribution is -0.631. The molecule has 190 valence electrons. The first-order chi connectivity index (χ1) is 17.2. The number of rotatable bonds is 4. The molecule has 11 heteroatoms. The molecule has 4 rings (SSSR count). The molecule has 2 atom stereocenters. The van der Waals surface area contributed by atoms with Gasteiger partial charge in [-0.15, -0.1) is 4.99 Å². The third kappa shape index (κ3) is 5.93. The molecule has 1 saturated heterocycles. The Morgan fingerprint density at radius 3 is 2.42 bits per heavy atom. The van der Waals surface area contributed by atoms with E-state index in [2.05, 4.69) is 10.3 Å². The maximum atomic E-state index is 13.3. The molecule has 36 heavy (non-hydrogen) atoms. The zero-order chi connectivity index (χ0) is 25.9. The van der Waals surface area contributed by atoms with Crippen molar-refractivity contribution in [3.8, 4) is 0 Å². The van der Waals surface area contributed by atoms with Crippen molar-refractivity contribution in [1.29, 1.82) is 0 Å². The molecule has 2 aromatic rings. The zero-order valence-electron chi connectivity index (χ0n) is 19.6. The van der Waals surface area contributed by atoms with Crippen molar-refractivity contribution in [1.82, 2.24) is 10.2 Å². The van der Waals surface area contributed by atoms with Crippen LogP contribution >= 0.6 is 11.6 Å². The third-order valence-corrected chi connectivity index (χ3v) is 6.43. The van der Waals surface area contributed by atoms with Gasteiger partial charge < -0.3 is 10.2 Å². The highest BCUT2D eigenvalue weighted by Gasteiger charge is 2.37. The number of quaternary nitrogens is 1. The normalized spacial score (nSPS) is 20.9. The van der Waals surface area contributed by atoms with Crippen LogP contribution in [0.1, 0.15) is 43.7 Å². The molecule has 0 spiro atoms. The van der Waals surface area contributed by atoms with Crippen molar-refractivity contribution < 1.29 is 27.7 Å². The smallest absolute Gasteiger partial charge is 0.353 e. The van der Waals surface area contributed by atoms with Gasteiger partial charge in [0.2, 0.25) is 11.9 Å². The Morgan fingerprint density at radius 2 is 1.78 bits per heavy atom. The first-order valence-corrected chi connectivity index (χ1v) is 12.1. The molecule has 1 fully saturated rings. The number of amides is 3. The predicted molar refractivity (Wildman–Crippen MR) is 131 cm³/mol. The molecule has 2 heterocycles. The number of carbonyl (C=O) groups excluding carboxylic acids is 2. The summed E-state index contributed by atoms with van der Waals surface area (Å²) < 4.78 is 39.2. The summed E-state index contributed by atoms with van der Waals surface area (Å²) in [5, 5.41) is 3.52. The molecular weight excluding hydrogens is 495 g/mol. The Morgan fingerprint density at radius 1 is 1.08 bits per heavy atom. The highest BCUT2D eigenvalue weighted by atomic mass is 35.5. The number of halogens is 4. The molecule has 2 aliphatic heterocycles. The third-order valence-electron chi connectivity index (χ3n) is 6.18. The van der Waals surface area contributed by atoms with Crippen LogP contribution in [0.5, 0.6) is 0 Å². The molecule has 2 aromatic carbocycles. The minimum absolute atomic E-state index is 0.00235. The van der Waals surface area contributed by atoms with Gasteiger partial charge in [-0.05, 0) is 55.7 Å². The summed E-state index contributed by atoms with van der Waals surface area (Å²) in [6.45, 7) is 2.96. The van der Waals surface area contributed by atoms with Crippen LogP contribution in [-0.4, -0.2) is 47.8 Å². The molecule has 3 amide bonds. The highest BCUT2D eigenvalue weighted by molar-refractivity contribution is 6.30. The van der Waals surface area contributed by atoms with E-state index in [9.17, 15) is 22.8 Å². The standard InChI is InChI=1S/C25H25ClF3N5O2/c1-2-21(35)30-19-4-3-14-33(15-13-19)23-31-22(16-5-9-18(26)10-6-16)34(24(36)32-23)20-11-7-17(8-12-20)25(27,28)29/h5-12,19H,2-4,13-15H2,1H3,(H,30,35)/p+1. The van der Waals surface area contributed by atoms with Gasteiger partial charge in [0.05, 0.1) is 11.1 Å². The van der Waals surface area contributed by atoms with Crippen LogP contribution in [0, 0.1) is 0 Å². The molecule has 0 aliphatic carbocycles. The second kappa shape index (κ2) is 10.8. The molecule has 2 aliphatic rings. The summed E-state index contributed by atoms with van der Waals surface area (Å²) in [6, 6.07) is 10.6. The van der Waals surface area contributed by atoms with Gasteiger partial charge in [-0.1, -0.05) is 18.5 Å². The number of amidine groups is 1. The van der Waals surface area contributed by atoms with Gasteiger partial charge >= 0.3 is 12.2 Å². The van der Waals surface area contributed by atoms with E-state index in [4.69, 9.17) is 16.6 Å². The van der Waals surface area contributed by atoms with E-state index < -0.39 is 17.8 Å². The highest BCUT2D eigenvalue weighted by Crippen LogP contribution is 2.29. The summed E-state index contributed by atoms with van der Waals surface area (Å²) in [7, 11) is 0. The molecular formula is C25H26ClF3N5O2+. The number of nitrogens with one attached hydrogen (secondary N) is 2. The zero-order valence-corrected chi connectivity index (χ0v) is 20.4. The Balaban J connectivity index is 1.65. The second-order valence-corrected chi connectivity index (χ2v) is 9.11. The van der Waals surface area contributed by atoms with E-state index in [1.807, 2.05) is 4.90 Å². The monoisotopic (exact) mass is 520 g/mol. The fourth-order valence-corrected chi connectivity index (χ4v) is 4.37. The molecule has 0 aromatic heterocycles. The second-order valence-electron chi connectivity index (χ2n) is 8.67. The van der Waals surface area contributed by atoms with E-state index in [1.54, 1.807) is 31.2 Å². The molecule has 0 radical (unpaired) electrons. The predicted octanol–water partition coefficient (Wildman–Crippen LogP) is 4.19. The maximum absolute atomic E-state index is 13.3. The largest absolute Gasteiger partial charge is 0.455 e. The van der Waals surface area contributed by atoms with Crippen LogP contribution in [0.2, 0.25) is 5.02 Å². The minimum atomic E-state index is -4.49. The first-order valence-electron chi connectivity index (χ1n) is 11.7. The Kier molecular flexibility index (Phi) is 7.75. The number of guanidine groups is 1. The van der Waals surface area contributed by atoms with Gasteiger partial charge in [0, 0.05) is 42.7 Å². The lowest BCUT2D eigenvalue weighted by Crippen LogP contribution is -3.13. The van der Waals surface area contributed by atoms with Gasteiger partial charge in [0.1, 0.15) is 5.69 Å². The van der Waals surface area contributed by atoms with E-state index >= 15 is 0 Å². The number of nitrogens with zero attached hydrogens (tertiary/aromatic N) is 3. The van der Waals surface area contributed by atoms with E-state index in [-0.39, 0.29) is 22.8 Å². The number of benzene rings is 2. The van der Waals surface area contributed by atoms with E-state index in [0.717, 1.165) is 25.0 Å². The van der Waals surface area contributed by atoms with Crippen LogP contribution in [0.3, 0.4) is 0 Å². The van der Waals surface area contributed by atoms with Crippen LogP contribution in [0.15, 0.2) is 58.5 Å². The number of hydrogen-bond acceptors (Lipinski definition) is 4. The molecule has 0 saturated carbocycles. The number of aliphatic imine (C=N–C) groups is 2. The summed E-state index contributed by atoms with van der Waals surface area (Å²) in [5.41, 5.74) is 0.0826. The average molecular weight is 521 g/mol. The Labute approximate surface area is 211 Å². The number of likely N-dealkylation sites (tertiary alicyclic amines) is 1. The fourth-order valence-electron chi connectivity index (χ4n) is 4.24. The topological polar surface area (TPSA) is 78.6 Å². The van der Waals surface area contributed by atoms with Crippen molar-refractivity contribution in [2.24, 2.45) is 9.98 Å². The number of carbonyl (C=O) groups is 2. The summed E-state index contributed by atoms with van der Waals surface area (Å²) >= 11 is 6.04. The average Bonchev–Trinajstić information content (AvgIpc) is 3.09. The fraction of sp³-hybridized carbons (Fsp3) is 0.360. The SMILES string of the molecule is CCC(=O)NC1CCCN(C2=NC(=O)[NH+](c3ccc(C(F)(F)F)cc3)C(c3ccc(Cl)cc3)=N2)CC1. The quantitative estimate of drug-likeness (QED) is 0.634. The van der Waals surface area contributed by atoms with Gasteiger partial charge in [-0.2, -0.15) is 23.1 Å². The number of alkyl halides is 3. The molecule has 7 nitrogen and oxygen atoms in total. The first kappa shape index (κ1) is 25.8. The lowest BCUT2D eigenvalue weighted by atomic mass is 10.1. The Bertz CT molecular complexity index is 1180. The van der Waals surface area contributed by atoms with Crippen LogP contribution in [0.4, 0.5) is 23.7 Å².